The molecule has 2 saturated heterocycles. The molecule has 2 aliphatic heterocycles. The summed E-state index contributed by atoms with van der Waals surface area (Å²) in [6.07, 6.45) is -3.12. The number of alkyl halides is 3. The van der Waals surface area contributed by atoms with Crippen LogP contribution >= 0.6 is 0 Å². The highest BCUT2D eigenvalue weighted by atomic mass is 19.3. The van der Waals surface area contributed by atoms with E-state index >= 15 is 0 Å². The van der Waals surface area contributed by atoms with Gasteiger partial charge < -0.3 is 15.0 Å². The van der Waals surface area contributed by atoms with E-state index in [-0.39, 0.29) is 30.2 Å². The van der Waals surface area contributed by atoms with E-state index < -0.39 is 25.2 Å². The molecule has 4 aromatic heterocycles. The highest BCUT2D eigenvalue weighted by molar-refractivity contribution is 5.88. The Bertz CT molecular complexity index is 1540. The van der Waals surface area contributed by atoms with Gasteiger partial charge in [-0.25, -0.2) is 28.1 Å². The highest BCUT2D eigenvalue weighted by Gasteiger charge is 2.35. The smallest absolute Gasteiger partial charge is 0.256 e. The lowest BCUT2D eigenvalue weighted by molar-refractivity contribution is -0.0803. The van der Waals surface area contributed by atoms with Crippen molar-refractivity contribution in [2.24, 2.45) is 4.99 Å². The first-order valence-corrected chi connectivity index (χ1v) is 11.8. The highest BCUT2D eigenvalue weighted by Crippen LogP contribution is 2.28. The number of rotatable bonds is 5. The van der Waals surface area contributed by atoms with Crippen LogP contribution in [0, 0.1) is 6.92 Å². The number of halogens is 3. The molecule has 0 spiro atoms. The van der Waals surface area contributed by atoms with Crippen LogP contribution in [0.25, 0.3) is 27.9 Å². The number of nitrogens with two attached hydrogens (primary N) is 1. The largest absolute Gasteiger partial charge is 0.382 e. The van der Waals surface area contributed by atoms with Crippen molar-refractivity contribution in [1.82, 2.24) is 34.0 Å². The van der Waals surface area contributed by atoms with Gasteiger partial charge in [-0.05, 0) is 31.5 Å². The van der Waals surface area contributed by atoms with Gasteiger partial charge in [0.05, 0.1) is 38.9 Å². The van der Waals surface area contributed by atoms with Crippen LogP contribution in [0.15, 0.2) is 29.4 Å². The summed E-state index contributed by atoms with van der Waals surface area (Å²) in [5, 5.41) is 2.96. The Hall–Kier alpha value is -3.45. The van der Waals surface area contributed by atoms with Gasteiger partial charge in [-0.2, -0.15) is 4.98 Å². The summed E-state index contributed by atoms with van der Waals surface area (Å²) in [7, 11) is 0. The predicted molar refractivity (Wildman–Crippen MR) is 126 cm³/mol. The Morgan fingerprint density at radius 3 is 2.83 bits per heavy atom. The molecule has 190 valence electrons. The van der Waals surface area contributed by atoms with Gasteiger partial charge >= 0.3 is 0 Å². The molecule has 2 fully saturated rings. The molecule has 0 saturated carbocycles. The lowest BCUT2D eigenvalue weighted by Gasteiger charge is -2.41. The molecule has 2 atom stereocenters. The van der Waals surface area contributed by atoms with E-state index in [4.69, 9.17) is 11.8 Å². The van der Waals surface area contributed by atoms with Crippen molar-refractivity contribution in [3.8, 4) is 11.3 Å². The molecule has 0 aromatic carbocycles. The molecule has 0 amide bonds. The topological polar surface area (TPSA) is 115 Å². The number of hydrogen-bond donors (Lipinski definition) is 2. The number of aromatic amines is 1. The number of H-pyrrole nitrogens is 1. The molecule has 0 radical (unpaired) electrons. The first kappa shape index (κ1) is 21.8. The van der Waals surface area contributed by atoms with Crippen LogP contribution in [0.2, 0.25) is 0 Å². The number of aryl methyl sites for hydroxylation is 1. The van der Waals surface area contributed by atoms with Crippen molar-refractivity contribution >= 4 is 22.5 Å². The van der Waals surface area contributed by atoms with Crippen LogP contribution < -0.4 is 11.4 Å². The number of aromatic nitrogens is 6. The van der Waals surface area contributed by atoms with E-state index in [0.717, 1.165) is 0 Å². The average molecular weight is 503 g/mol. The Morgan fingerprint density at radius 2 is 2.11 bits per heavy atom. The van der Waals surface area contributed by atoms with Crippen LogP contribution in [-0.4, -0.2) is 85.0 Å². The quantitative estimate of drug-likeness (QED) is 0.431. The number of ether oxygens (including phenoxy) is 1. The van der Waals surface area contributed by atoms with E-state index in [9.17, 15) is 13.2 Å². The fraction of sp³-hybridized carbons (Fsp3) is 0.478. The number of anilines is 1. The molecule has 2 aliphatic rings. The number of pyridine rings is 1. The third-order valence-corrected chi connectivity index (χ3v) is 6.84. The lowest BCUT2D eigenvalue weighted by atomic mass is 10.0. The number of nitrogens with one attached hydrogen (secondary N) is 1. The zero-order valence-corrected chi connectivity index (χ0v) is 19.5. The molecule has 3 N–H and O–H groups in total. The third-order valence-electron chi connectivity index (χ3n) is 6.84. The van der Waals surface area contributed by atoms with E-state index in [0.29, 0.717) is 59.9 Å². The van der Waals surface area contributed by atoms with Crippen LogP contribution in [0.5, 0.6) is 0 Å². The zero-order chi connectivity index (χ0) is 25.8. The number of piperidine rings is 1. The number of nitrogen functional groups attached to an aromatic ring is 1. The molecule has 0 aliphatic carbocycles. The Kier molecular flexibility index (Phi) is 5.38. The van der Waals surface area contributed by atoms with Crippen molar-refractivity contribution in [3.05, 3.63) is 35.8 Å². The molecule has 13 heteroatoms. The summed E-state index contributed by atoms with van der Waals surface area (Å²) in [5.41, 5.74) is 8.56. The van der Waals surface area contributed by atoms with Crippen molar-refractivity contribution < 1.29 is 19.3 Å². The molecule has 36 heavy (non-hydrogen) atoms. The number of nitrogens with zero attached hydrogens (tertiary/aromatic N) is 7. The fourth-order valence-electron chi connectivity index (χ4n) is 4.87. The summed E-state index contributed by atoms with van der Waals surface area (Å²) >= 11 is 0. The number of fused-ring (bicyclic) bond motifs is 2. The van der Waals surface area contributed by atoms with Gasteiger partial charge in [0.2, 0.25) is 5.62 Å². The molecule has 4 aromatic rings. The van der Waals surface area contributed by atoms with Gasteiger partial charge in [-0.1, -0.05) is 0 Å². The number of hydrogen-bond acceptors (Lipinski definition) is 7. The van der Waals surface area contributed by atoms with E-state index in [1.165, 1.54) is 9.08 Å². The summed E-state index contributed by atoms with van der Waals surface area (Å²) in [5.74, 6) is 0.520. The monoisotopic (exact) mass is 502 g/mol. The van der Waals surface area contributed by atoms with E-state index in [1.54, 1.807) is 25.1 Å². The first-order chi connectivity index (χ1) is 17.8. The van der Waals surface area contributed by atoms with Crippen molar-refractivity contribution in [2.45, 2.75) is 44.6 Å². The summed E-state index contributed by atoms with van der Waals surface area (Å²) in [6.45, 7) is 3.39. The Balaban J connectivity index is 1.36. The summed E-state index contributed by atoms with van der Waals surface area (Å²) in [4.78, 5) is 19.8. The van der Waals surface area contributed by atoms with Gasteiger partial charge in [0.1, 0.15) is 23.0 Å². The summed E-state index contributed by atoms with van der Waals surface area (Å²) < 4.78 is 57.6. The first-order valence-electron chi connectivity index (χ1n) is 12.3. The van der Waals surface area contributed by atoms with Crippen LogP contribution in [0.1, 0.15) is 13.6 Å². The van der Waals surface area contributed by atoms with Crippen LogP contribution in [0.4, 0.5) is 19.0 Å². The average Bonchev–Trinajstić information content (AvgIpc) is 3.30. The molecule has 6 rings (SSSR count). The van der Waals surface area contributed by atoms with Crippen LogP contribution in [0.3, 0.4) is 0 Å². The molecular formula is C23H26F3N9O. The van der Waals surface area contributed by atoms with Crippen molar-refractivity contribution in [2.75, 3.05) is 32.0 Å². The SMILES string of the molecule is [2H]c1cc(-c2ccc3nc(C)n(CC(F)F)c3n2)c2c(N)nc(=N[C@@H]3CCN(C4COC4)C[C@@H]3F)[nH]n12. The van der Waals surface area contributed by atoms with E-state index in [1.807, 2.05) is 0 Å². The molecule has 6 heterocycles. The van der Waals surface area contributed by atoms with Crippen molar-refractivity contribution in [1.29, 1.82) is 0 Å². The Morgan fingerprint density at radius 1 is 1.28 bits per heavy atom. The van der Waals surface area contributed by atoms with Gasteiger partial charge in [0, 0.05) is 24.8 Å². The van der Waals surface area contributed by atoms with Crippen LogP contribution in [-0.2, 0) is 11.3 Å². The molecular weight excluding hydrogens is 475 g/mol. The predicted octanol–water partition coefficient (Wildman–Crippen LogP) is 1.94. The maximum Gasteiger partial charge on any atom is 0.256 e. The molecule has 0 unspecified atom stereocenters. The van der Waals surface area contributed by atoms with Gasteiger partial charge in [0.15, 0.2) is 11.5 Å². The fourth-order valence-corrected chi connectivity index (χ4v) is 4.87. The second-order valence-electron chi connectivity index (χ2n) is 9.19. The van der Waals surface area contributed by atoms with Gasteiger partial charge in [-0.3, -0.25) is 14.5 Å². The standard InChI is InChI=1S/C23H26F3N9O/c1-12-28-18-3-2-16(29-22(18)34(12)9-19(25)26)14-4-7-35-20(14)21(27)31-23(32-35)30-17-5-6-33(8-15(17)24)13-10-36-11-13/h2-4,7,13,15,17,19H,5-6,8-11H2,1H3,(H3,27,30,31,32)/t15-,17+/m0/s1/i7D. The minimum absolute atomic E-state index is 0.0614. The molecule has 10 nitrogen and oxygen atoms in total. The second-order valence-corrected chi connectivity index (χ2v) is 9.19. The van der Waals surface area contributed by atoms with E-state index in [2.05, 4.69) is 29.9 Å². The maximum absolute atomic E-state index is 14.9. The summed E-state index contributed by atoms with van der Waals surface area (Å²) in [6, 6.07) is 4.64. The number of likely N-dealkylation sites (tertiary alicyclic amines) is 1. The maximum atomic E-state index is 14.9. The molecule has 0 bridgehead atoms. The lowest BCUT2D eigenvalue weighted by Crippen LogP contribution is -2.55. The minimum Gasteiger partial charge on any atom is -0.382 e. The van der Waals surface area contributed by atoms with Crippen molar-refractivity contribution in [3.63, 3.8) is 0 Å². The third kappa shape index (κ3) is 4.01. The number of imidazole rings is 1. The second kappa shape index (κ2) is 8.89. The zero-order valence-electron chi connectivity index (χ0n) is 20.5. The Labute approximate surface area is 205 Å². The minimum atomic E-state index is -2.56. The van der Waals surface area contributed by atoms with Gasteiger partial charge in [0.25, 0.3) is 6.43 Å². The van der Waals surface area contributed by atoms with Gasteiger partial charge in [-0.15, -0.1) is 0 Å². The normalized spacial score (nSPS) is 22.6.